The van der Waals surface area contributed by atoms with E-state index < -0.39 is 0 Å². The molecular formula is C22H24BrN3O3. The van der Waals surface area contributed by atoms with Crippen molar-refractivity contribution in [2.75, 3.05) is 45.7 Å². The second-order valence-electron chi connectivity index (χ2n) is 6.85. The summed E-state index contributed by atoms with van der Waals surface area (Å²) in [7, 11) is 3.58. The molecule has 152 valence electrons. The first-order valence-corrected chi connectivity index (χ1v) is 10.2. The second-order valence-corrected chi connectivity index (χ2v) is 7.71. The van der Waals surface area contributed by atoms with E-state index in [0.717, 1.165) is 23.1 Å². The highest BCUT2D eigenvalue weighted by molar-refractivity contribution is 9.10. The zero-order valence-electron chi connectivity index (χ0n) is 16.5. The third kappa shape index (κ3) is 5.46. The van der Waals surface area contributed by atoms with Gasteiger partial charge in [-0.05, 0) is 43.0 Å². The Labute approximate surface area is 179 Å². The molecule has 0 saturated carbocycles. The van der Waals surface area contributed by atoms with Crippen molar-refractivity contribution in [3.05, 3.63) is 64.1 Å². The molecule has 0 bridgehead atoms. The molecule has 2 aromatic rings. The van der Waals surface area contributed by atoms with E-state index in [0.29, 0.717) is 30.1 Å². The molecule has 0 aliphatic carbocycles. The summed E-state index contributed by atoms with van der Waals surface area (Å²) < 4.78 is 6.25. The minimum Gasteiger partial charge on any atom is -0.495 e. The zero-order chi connectivity index (χ0) is 20.8. The monoisotopic (exact) mass is 457 g/mol. The molecule has 1 aliphatic heterocycles. The lowest BCUT2D eigenvalue weighted by atomic mass is 10.1. The first-order chi connectivity index (χ1) is 14.0. The van der Waals surface area contributed by atoms with Crippen LogP contribution >= 0.6 is 15.9 Å². The minimum atomic E-state index is -0.303. The lowest BCUT2D eigenvalue weighted by Gasteiger charge is -2.32. The van der Waals surface area contributed by atoms with Crippen LogP contribution in [0.3, 0.4) is 0 Å². The van der Waals surface area contributed by atoms with Gasteiger partial charge in [0.25, 0.3) is 5.91 Å². The van der Waals surface area contributed by atoms with E-state index >= 15 is 0 Å². The van der Waals surface area contributed by atoms with Gasteiger partial charge in [0.1, 0.15) is 5.75 Å². The number of likely N-dealkylation sites (N-methyl/N-ethyl adjacent to an activating group) is 1. The molecule has 3 rings (SSSR count). The summed E-state index contributed by atoms with van der Waals surface area (Å²) in [4.78, 5) is 29.3. The van der Waals surface area contributed by atoms with Crippen LogP contribution in [0.15, 0.2) is 53.0 Å². The van der Waals surface area contributed by atoms with Crippen molar-refractivity contribution in [1.82, 2.24) is 9.80 Å². The number of benzene rings is 2. The average molecular weight is 458 g/mol. The number of piperazine rings is 1. The van der Waals surface area contributed by atoms with E-state index in [2.05, 4.69) is 26.1 Å². The van der Waals surface area contributed by atoms with Crippen molar-refractivity contribution in [2.45, 2.75) is 0 Å². The molecule has 7 heteroatoms. The Kier molecular flexibility index (Phi) is 7.06. The molecule has 2 aromatic carbocycles. The van der Waals surface area contributed by atoms with Crippen molar-refractivity contribution in [1.29, 1.82) is 0 Å². The van der Waals surface area contributed by atoms with Crippen molar-refractivity contribution in [3.8, 4) is 5.75 Å². The normalized spacial score (nSPS) is 14.8. The fourth-order valence-corrected chi connectivity index (χ4v) is 3.50. The lowest BCUT2D eigenvalue weighted by molar-refractivity contribution is -0.111. The largest absolute Gasteiger partial charge is 0.495 e. The number of rotatable bonds is 5. The first-order valence-electron chi connectivity index (χ1n) is 9.37. The predicted octanol–water partition coefficient (Wildman–Crippen LogP) is 3.50. The predicted molar refractivity (Wildman–Crippen MR) is 118 cm³/mol. The number of amides is 2. The third-order valence-corrected chi connectivity index (χ3v) is 5.54. The van der Waals surface area contributed by atoms with Crippen molar-refractivity contribution < 1.29 is 14.3 Å². The molecule has 0 atom stereocenters. The van der Waals surface area contributed by atoms with E-state index in [1.807, 2.05) is 36.2 Å². The number of methoxy groups -OCH3 is 1. The van der Waals surface area contributed by atoms with Crippen LogP contribution in [-0.4, -0.2) is 62.0 Å². The molecule has 29 heavy (non-hydrogen) atoms. The van der Waals surface area contributed by atoms with Gasteiger partial charge in [0.2, 0.25) is 5.91 Å². The summed E-state index contributed by atoms with van der Waals surface area (Å²) in [6, 6.07) is 12.7. The number of hydrogen-bond acceptors (Lipinski definition) is 4. The van der Waals surface area contributed by atoms with Gasteiger partial charge in [0, 0.05) is 42.3 Å². The van der Waals surface area contributed by atoms with Crippen molar-refractivity contribution >= 4 is 39.5 Å². The van der Waals surface area contributed by atoms with Gasteiger partial charge in [-0.3, -0.25) is 9.59 Å². The van der Waals surface area contributed by atoms with Gasteiger partial charge < -0.3 is 19.9 Å². The summed E-state index contributed by atoms with van der Waals surface area (Å²) in [5.41, 5.74) is 1.89. The standard InChI is InChI=1S/C22H24BrN3O3/c1-25-11-13-26(14-12-25)22(28)17-7-9-20(29-2)19(15-17)24-21(27)10-8-16-5-3-4-6-18(16)23/h3-10,15H,11-14H2,1-2H3,(H,24,27)/b10-8+. The summed E-state index contributed by atoms with van der Waals surface area (Å²) in [6.07, 6.45) is 3.18. The van der Waals surface area contributed by atoms with Gasteiger partial charge in [-0.1, -0.05) is 34.1 Å². The fourth-order valence-electron chi connectivity index (χ4n) is 3.08. The number of ether oxygens (including phenoxy) is 1. The van der Waals surface area contributed by atoms with E-state index in [4.69, 9.17) is 4.74 Å². The first kappa shape index (κ1) is 21.1. The molecule has 6 nitrogen and oxygen atoms in total. The summed E-state index contributed by atoms with van der Waals surface area (Å²) in [6.45, 7) is 3.09. The highest BCUT2D eigenvalue weighted by Crippen LogP contribution is 2.26. The Hall–Kier alpha value is -2.64. The highest BCUT2D eigenvalue weighted by atomic mass is 79.9. The van der Waals surface area contributed by atoms with Crippen LogP contribution < -0.4 is 10.1 Å². The van der Waals surface area contributed by atoms with Crippen LogP contribution in [0.25, 0.3) is 6.08 Å². The molecule has 1 fully saturated rings. The maximum atomic E-state index is 12.8. The van der Waals surface area contributed by atoms with Crippen LogP contribution in [0.5, 0.6) is 5.75 Å². The van der Waals surface area contributed by atoms with Crippen LogP contribution in [0.1, 0.15) is 15.9 Å². The van der Waals surface area contributed by atoms with Gasteiger partial charge >= 0.3 is 0 Å². The Morgan fingerprint density at radius 3 is 2.52 bits per heavy atom. The van der Waals surface area contributed by atoms with Crippen LogP contribution in [0, 0.1) is 0 Å². The van der Waals surface area contributed by atoms with Gasteiger partial charge in [-0.25, -0.2) is 0 Å². The van der Waals surface area contributed by atoms with Gasteiger partial charge in [0.05, 0.1) is 12.8 Å². The van der Waals surface area contributed by atoms with E-state index in [-0.39, 0.29) is 11.8 Å². The van der Waals surface area contributed by atoms with E-state index in [1.165, 1.54) is 13.2 Å². The molecule has 1 saturated heterocycles. The molecule has 0 unspecified atom stereocenters. The van der Waals surface area contributed by atoms with Crippen LogP contribution in [0.4, 0.5) is 5.69 Å². The SMILES string of the molecule is COc1ccc(C(=O)N2CCN(C)CC2)cc1NC(=O)/C=C/c1ccccc1Br. The molecule has 0 radical (unpaired) electrons. The van der Waals surface area contributed by atoms with Gasteiger partial charge in [-0.2, -0.15) is 0 Å². The van der Waals surface area contributed by atoms with Crippen molar-refractivity contribution in [2.24, 2.45) is 0 Å². The highest BCUT2D eigenvalue weighted by Gasteiger charge is 2.21. The van der Waals surface area contributed by atoms with E-state index in [9.17, 15) is 9.59 Å². The van der Waals surface area contributed by atoms with Gasteiger partial charge in [-0.15, -0.1) is 0 Å². The maximum Gasteiger partial charge on any atom is 0.254 e. The molecule has 1 aliphatic rings. The molecule has 0 aromatic heterocycles. The topological polar surface area (TPSA) is 61.9 Å². The third-order valence-electron chi connectivity index (χ3n) is 4.81. The molecule has 0 spiro atoms. The summed E-state index contributed by atoms with van der Waals surface area (Å²) in [5, 5.41) is 2.81. The zero-order valence-corrected chi connectivity index (χ0v) is 18.1. The van der Waals surface area contributed by atoms with Crippen LogP contribution in [-0.2, 0) is 4.79 Å². The van der Waals surface area contributed by atoms with Crippen LogP contribution in [0.2, 0.25) is 0 Å². The average Bonchev–Trinajstić information content (AvgIpc) is 2.73. The molecule has 1 heterocycles. The minimum absolute atomic E-state index is 0.0417. The quantitative estimate of drug-likeness (QED) is 0.697. The number of anilines is 1. The number of halogens is 1. The number of carbonyl (C=O) groups excluding carboxylic acids is 2. The van der Waals surface area contributed by atoms with Gasteiger partial charge in [0.15, 0.2) is 0 Å². The summed E-state index contributed by atoms with van der Waals surface area (Å²) in [5.74, 6) is 0.158. The number of carbonyl (C=O) groups is 2. The second kappa shape index (κ2) is 9.71. The maximum absolute atomic E-state index is 12.8. The number of nitrogens with zero attached hydrogens (tertiary/aromatic N) is 2. The lowest BCUT2D eigenvalue weighted by Crippen LogP contribution is -2.47. The summed E-state index contributed by atoms with van der Waals surface area (Å²) >= 11 is 3.45. The molecular weight excluding hydrogens is 434 g/mol. The number of hydrogen-bond donors (Lipinski definition) is 1. The van der Waals surface area contributed by atoms with E-state index in [1.54, 1.807) is 24.3 Å². The Balaban J connectivity index is 1.74. The smallest absolute Gasteiger partial charge is 0.254 e. The molecule has 1 N–H and O–H groups in total. The number of nitrogens with one attached hydrogen (secondary N) is 1. The molecule has 2 amide bonds. The van der Waals surface area contributed by atoms with Crippen molar-refractivity contribution in [3.63, 3.8) is 0 Å². The Morgan fingerprint density at radius 1 is 1.10 bits per heavy atom. The Bertz CT molecular complexity index is 921. The Morgan fingerprint density at radius 2 is 1.83 bits per heavy atom. The fraction of sp³-hybridized carbons (Fsp3) is 0.273.